The zero-order valence-electron chi connectivity index (χ0n) is 12.5. The molecule has 0 heterocycles. The van der Waals surface area contributed by atoms with Crippen molar-refractivity contribution >= 4 is 27.2 Å². The van der Waals surface area contributed by atoms with Crippen LogP contribution in [0, 0.1) is 0 Å². The minimum atomic E-state index is -3.77. The van der Waals surface area contributed by atoms with Gasteiger partial charge in [0.1, 0.15) is 4.75 Å². The van der Waals surface area contributed by atoms with Crippen molar-refractivity contribution in [2.75, 3.05) is 0 Å². The predicted molar refractivity (Wildman–Crippen MR) is 90.6 cm³/mol. The number of halogens is 1. The van der Waals surface area contributed by atoms with Crippen molar-refractivity contribution < 1.29 is 13.2 Å². The smallest absolute Gasteiger partial charge is 0.191 e. The van der Waals surface area contributed by atoms with Crippen molar-refractivity contribution in [1.82, 2.24) is 0 Å². The van der Waals surface area contributed by atoms with Crippen LogP contribution in [0.15, 0.2) is 59.5 Å². The molecule has 5 heteroatoms. The molecule has 0 atom stereocenters. The van der Waals surface area contributed by atoms with E-state index in [1.807, 2.05) is 6.07 Å². The van der Waals surface area contributed by atoms with Gasteiger partial charge in [-0.1, -0.05) is 54.8 Å². The second-order valence-electron chi connectivity index (χ2n) is 5.85. The van der Waals surface area contributed by atoms with Gasteiger partial charge in [-0.2, -0.15) is 0 Å². The molecule has 1 saturated carbocycles. The van der Waals surface area contributed by atoms with Gasteiger partial charge in [0.2, 0.25) is 0 Å². The lowest BCUT2D eigenvalue weighted by atomic mass is 9.95. The molecule has 0 saturated heterocycles. The molecular weight excluding hydrogens is 332 g/mol. The van der Waals surface area contributed by atoms with Gasteiger partial charge in [-0.3, -0.25) is 4.79 Å². The van der Waals surface area contributed by atoms with Crippen molar-refractivity contribution in [2.45, 2.75) is 35.3 Å². The number of Topliss-reactive ketones (excluding diaryl/α,β-unsaturated/α-hetero) is 1. The van der Waals surface area contributed by atoms with E-state index in [4.69, 9.17) is 11.6 Å². The van der Waals surface area contributed by atoms with Gasteiger partial charge in [0.25, 0.3) is 0 Å². The first kappa shape index (κ1) is 16.2. The van der Waals surface area contributed by atoms with Crippen LogP contribution < -0.4 is 0 Å². The quantitative estimate of drug-likeness (QED) is 0.773. The number of sulfone groups is 1. The number of rotatable bonds is 4. The number of benzene rings is 2. The third-order valence-electron chi connectivity index (χ3n) is 4.50. The molecular formula is C18H17ClO3S. The zero-order valence-corrected chi connectivity index (χ0v) is 14.1. The molecule has 0 aromatic heterocycles. The lowest BCUT2D eigenvalue weighted by Crippen LogP contribution is -2.44. The lowest BCUT2D eigenvalue weighted by molar-refractivity contribution is 0.0939. The Morgan fingerprint density at radius 3 is 2.04 bits per heavy atom. The van der Waals surface area contributed by atoms with Crippen molar-refractivity contribution in [3.63, 3.8) is 0 Å². The van der Waals surface area contributed by atoms with E-state index >= 15 is 0 Å². The number of carbonyl (C=O) groups is 1. The topological polar surface area (TPSA) is 51.2 Å². The fourth-order valence-electron chi connectivity index (χ4n) is 3.26. The third kappa shape index (κ3) is 2.70. The molecule has 0 unspecified atom stereocenters. The number of hydrogen-bond donors (Lipinski definition) is 0. The average molecular weight is 349 g/mol. The molecule has 1 aliphatic rings. The van der Waals surface area contributed by atoms with Crippen molar-refractivity contribution in [3.05, 3.63) is 65.2 Å². The summed E-state index contributed by atoms with van der Waals surface area (Å²) in [4.78, 5) is 13.2. The van der Waals surface area contributed by atoms with E-state index in [9.17, 15) is 13.2 Å². The number of hydrogen-bond acceptors (Lipinski definition) is 3. The second-order valence-corrected chi connectivity index (χ2v) is 8.55. The largest absolute Gasteiger partial charge is 0.292 e. The minimum absolute atomic E-state index is 0.160. The zero-order chi connectivity index (χ0) is 16.5. The SMILES string of the molecule is O=C(c1ccccc1)C1(S(=O)(=O)c2ccc(Cl)cc2)CCCC1. The highest BCUT2D eigenvalue weighted by atomic mass is 35.5. The van der Waals surface area contributed by atoms with E-state index in [0.717, 1.165) is 12.8 Å². The summed E-state index contributed by atoms with van der Waals surface area (Å²) < 4.78 is 25.1. The Balaban J connectivity index is 2.11. The fraction of sp³-hybridized carbons (Fsp3) is 0.278. The van der Waals surface area contributed by atoms with E-state index in [1.54, 1.807) is 36.4 Å². The molecule has 120 valence electrons. The van der Waals surface area contributed by atoms with Crippen LogP contribution in [0.25, 0.3) is 0 Å². The van der Waals surface area contributed by atoms with E-state index in [0.29, 0.717) is 23.4 Å². The van der Waals surface area contributed by atoms with Crippen LogP contribution >= 0.6 is 11.6 Å². The minimum Gasteiger partial charge on any atom is -0.292 e. The Bertz CT molecular complexity index is 805. The van der Waals surface area contributed by atoms with Gasteiger partial charge in [0.15, 0.2) is 15.6 Å². The molecule has 0 spiro atoms. The first-order chi connectivity index (χ1) is 11.0. The Kier molecular flexibility index (Phi) is 4.30. The molecule has 1 fully saturated rings. The van der Waals surface area contributed by atoms with Crippen molar-refractivity contribution in [3.8, 4) is 0 Å². The van der Waals surface area contributed by atoms with Crippen molar-refractivity contribution in [2.24, 2.45) is 0 Å². The molecule has 2 aromatic carbocycles. The number of carbonyl (C=O) groups excluding carboxylic acids is 1. The van der Waals surface area contributed by atoms with Gasteiger partial charge in [0, 0.05) is 10.6 Å². The van der Waals surface area contributed by atoms with Gasteiger partial charge >= 0.3 is 0 Å². The van der Waals surface area contributed by atoms with Crippen LogP contribution in [-0.2, 0) is 9.84 Å². The molecule has 0 bridgehead atoms. The standard InChI is InChI=1S/C18H17ClO3S/c19-15-8-10-16(11-9-15)23(21,22)18(12-4-5-13-18)17(20)14-6-2-1-3-7-14/h1-3,6-11H,4-5,12-13H2. The van der Waals surface area contributed by atoms with Gasteiger partial charge in [-0.25, -0.2) is 8.42 Å². The first-order valence-corrected chi connectivity index (χ1v) is 9.43. The molecule has 2 aromatic rings. The molecule has 1 aliphatic carbocycles. The Hall–Kier alpha value is -1.65. The van der Waals surface area contributed by atoms with Crippen LogP contribution in [0.1, 0.15) is 36.0 Å². The van der Waals surface area contributed by atoms with Gasteiger partial charge in [-0.15, -0.1) is 0 Å². The predicted octanol–water partition coefficient (Wildman–Crippen LogP) is 4.31. The highest BCUT2D eigenvalue weighted by Crippen LogP contribution is 2.43. The maximum Gasteiger partial charge on any atom is 0.191 e. The highest BCUT2D eigenvalue weighted by molar-refractivity contribution is 7.93. The summed E-state index contributed by atoms with van der Waals surface area (Å²) in [5.41, 5.74) is 0.451. The van der Waals surface area contributed by atoms with Gasteiger partial charge in [-0.05, 0) is 37.1 Å². The van der Waals surface area contributed by atoms with E-state index in [2.05, 4.69) is 0 Å². The van der Waals surface area contributed by atoms with Gasteiger partial charge in [0.05, 0.1) is 4.90 Å². The molecule has 0 radical (unpaired) electrons. The molecule has 0 aliphatic heterocycles. The van der Waals surface area contributed by atoms with Crippen LogP contribution in [0.4, 0.5) is 0 Å². The van der Waals surface area contributed by atoms with Crippen LogP contribution in [0.3, 0.4) is 0 Å². The summed E-state index contributed by atoms with van der Waals surface area (Å²) >= 11 is 5.85. The Labute approximate surface area is 141 Å². The maximum atomic E-state index is 13.2. The molecule has 23 heavy (non-hydrogen) atoms. The summed E-state index contributed by atoms with van der Waals surface area (Å²) in [6.45, 7) is 0. The van der Waals surface area contributed by atoms with Crippen molar-refractivity contribution in [1.29, 1.82) is 0 Å². The summed E-state index contributed by atoms with van der Waals surface area (Å²) in [6, 6.07) is 14.7. The Morgan fingerprint density at radius 2 is 1.48 bits per heavy atom. The fourth-order valence-corrected chi connectivity index (χ4v) is 5.52. The Morgan fingerprint density at radius 1 is 0.913 bits per heavy atom. The maximum absolute atomic E-state index is 13.2. The monoisotopic (exact) mass is 348 g/mol. The first-order valence-electron chi connectivity index (χ1n) is 7.57. The third-order valence-corrected chi connectivity index (χ3v) is 7.27. The molecule has 0 N–H and O–H groups in total. The molecule has 0 amide bonds. The second kappa shape index (κ2) is 6.10. The van der Waals surface area contributed by atoms with Crippen LogP contribution in [-0.4, -0.2) is 18.9 Å². The van der Waals surface area contributed by atoms with Gasteiger partial charge < -0.3 is 0 Å². The number of ketones is 1. The van der Waals surface area contributed by atoms with E-state index < -0.39 is 14.6 Å². The summed E-state index contributed by atoms with van der Waals surface area (Å²) in [5, 5.41) is 0.471. The molecule has 3 rings (SSSR count). The lowest BCUT2D eigenvalue weighted by Gasteiger charge is -2.27. The average Bonchev–Trinajstić information content (AvgIpc) is 3.07. The summed E-state index contributed by atoms with van der Waals surface area (Å²) in [6.07, 6.45) is 2.22. The summed E-state index contributed by atoms with van der Waals surface area (Å²) in [7, 11) is -3.77. The summed E-state index contributed by atoms with van der Waals surface area (Å²) in [5.74, 6) is -0.300. The normalized spacial score (nSPS) is 17.1. The van der Waals surface area contributed by atoms with E-state index in [1.165, 1.54) is 12.1 Å². The highest BCUT2D eigenvalue weighted by Gasteiger charge is 2.52. The van der Waals surface area contributed by atoms with Crippen LogP contribution in [0.5, 0.6) is 0 Å². The molecule has 3 nitrogen and oxygen atoms in total. The van der Waals surface area contributed by atoms with Crippen LogP contribution in [0.2, 0.25) is 5.02 Å². The van der Waals surface area contributed by atoms with E-state index in [-0.39, 0.29) is 10.7 Å².